The van der Waals surface area contributed by atoms with Crippen LogP contribution in [0.25, 0.3) is 0 Å². The van der Waals surface area contributed by atoms with Crippen LogP contribution in [-0.2, 0) is 0 Å². The minimum Gasteiger partial charge on any atom is -0.490 e. The fraction of sp³-hybridized carbons (Fsp3) is 0.632. The molecule has 4 nitrogen and oxygen atoms in total. The van der Waals surface area contributed by atoms with Crippen molar-refractivity contribution in [1.29, 1.82) is 0 Å². The van der Waals surface area contributed by atoms with Crippen molar-refractivity contribution in [3.8, 4) is 11.5 Å². The van der Waals surface area contributed by atoms with Crippen LogP contribution in [0.4, 0.5) is 0 Å². The van der Waals surface area contributed by atoms with Crippen molar-refractivity contribution in [2.75, 3.05) is 32.8 Å². The molecule has 0 saturated heterocycles. The van der Waals surface area contributed by atoms with Crippen molar-refractivity contribution < 1.29 is 14.3 Å². The molecule has 0 aliphatic rings. The van der Waals surface area contributed by atoms with E-state index in [1.807, 2.05) is 18.2 Å². The molecular formula is C19H31NO3. The molecule has 1 aromatic carbocycles. The molecule has 0 unspecified atom stereocenters. The average Bonchev–Trinajstić information content (AvgIpc) is 2.59. The van der Waals surface area contributed by atoms with Gasteiger partial charge in [0.2, 0.25) is 0 Å². The molecule has 1 rings (SSSR count). The summed E-state index contributed by atoms with van der Waals surface area (Å²) in [7, 11) is 0. The summed E-state index contributed by atoms with van der Waals surface area (Å²) in [6.45, 7) is 12.4. The lowest BCUT2D eigenvalue weighted by Crippen LogP contribution is -2.25. The Morgan fingerprint density at radius 3 is 2.13 bits per heavy atom. The highest BCUT2D eigenvalue weighted by Gasteiger charge is 2.13. The van der Waals surface area contributed by atoms with Gasteiger partial charge >= 0.3 is 0 Å². The van der Waals surface area contributed by atoms with E-state index < -0.39 is 0 Å². The van der Waals surface area contributed by atoms with Crippen molar-refractivity contribution in [2.24, 2.45) is 0 Å². The lowest BCUT2D eigenvalue weighted by molar-refractivity contribution is 0.0966. The largest absolute Gasteiger partial charge is 0.490 e. The minimum atomic E-state index is 0.153. The molecule has 0 N–H and O–H groups in total. The van der Waals surface area contributed by atoms with Gasteiger partial charge in [0, 0.05) is 18.5 Å². The van der Waals surface area contributed by atoms with Crippen LogP contribution in [0, 0.1) is 0 Å². The van der Waals surface area contributed by atoms with Gasteiger partial charge < -0.3 is 14.4 Å². The Hall–Kier alpha value is -1.55. The second-order valence-corrected chi connectivity index (χ2v) is 5.56. The molecule has 0 fully saturated rings. The molecule has 0 aliphatic carbocycles. The summed E-state index contributed by atoms with van der Waals surface area (Å²) in [6.07, 6.45) is 2.40. The molecule has 0 radical (unpaired) electrons. The lowest BCUT2D eigenvalue weighted by Gasteiger charge is -2.17. The molecule has 1 aromatic rings. The number of carbonyl (C=O) groups excluding carboxylic acids is 1. The monoisotopic (exact) mass is 321 g/mol. The molecule has 0 atom stereocenters. The van der Waals surface area contributed by atoms with E-state index in [9.17, 15) is 4.79 Å². The molecule has 0 amide bonds. The zero-order valence-corrected chi connectivity index (χ0v) is 15.1. The molecule has 0 spiro atoms. The summed E-state index contributed by atoms with van der Waals surface area (Å²) < 4.78 is 11.5. The molecule has 4 heteroatoms. The number of benzene rings is 1. The van der Waals surface area contributed by atoms with Gasteiger partial charge in [0.25, 0.3) is 0 Å². The number of ketones is 1. The normalized spacial score (nSPS) is 10.8. The van der Waals surface area contributed by atoms with Gasteiger partial charge in [-0.15, -0.1) is 0 Å². The smallest absolute Gasteiger partial charge is 0.164 e. The van der Waals surface area contributed by atoms with E-state index in [-0.39, 0.29) is 5.78 Å². The number of Topliss-reactive ketones (excluding diaryl/α,β-unsaturated/α-hetero) is 1. The maximum Gasteiger partial charge on any atom is 0.164 e. The van der Waals surface area contributed by atoms with Crippen LogP contribution in [0.5, 0.6) is 11.5 Å². The van der Waals surface area contributed by atoms with E-state index in [1.165, 1.54) is 0 Å². The third-order valence-electron chi connectivity index (χ3n) is 3.74. The second kappa shape index (κ2) is 11.1. The van der Waals surface area contributed by atoms with E-state index >= 15 is 0 Å². The summed E-state index contributed by atoms with van der Waals surface area (Å²) in [5, 5.41) is 0. The minimum absolute atomic E-state index is 0.153. The highest BCUT2D eigenvalue weighted by atomic mass is 16.5. The first-order chi connectivity index (χ1) is 11.2. The molecule has 23 heavy (non-hydrogen) atoms. The maximum absolute atomic E-state index is 12.4. The van der Waals surface area contributed by atoms with Crippen molar-refractivity contribution >= 4 is 5.78 Å². The molecule has 0 saturated carbocycles. The van der Waals surface area contributed by atoms with Crippen molar-refractivity contribution in [2.45, 2.75) is 47.0 Å². The standard InChI is InChI=1S/C19H31NO3/c1-5-13-22-18-10-9-16(15-19(18)23-14-6-2)17(21)11-12-20(7-3)8-4/h9-10,15H,5-8,11-14H2,1-4H3. The fourth-order valence-electron chi connectivity index (χ4n) is 2.28. The van der Waals surface area contributed by atoms with Crippen LogP contribution < -0.4 is 9.47 Å². The van der Waals surface area contributed by atoms with Gasteiger partial charge in [-0.3, -0.25) is 4.79 Å². The summed E-state index contributed by atoms with van der Waals surface area (Å²) in [5.41, 5.74) is 0.701. The van der Waals surface area contributed by atoms with Gasteiger partial charge in [-0.1, -0.05) is 27.7 Å². The van der Waals surface area contributed by atoms with Crippen molar-refractivity contribution in [1.82, 2.24) is 4.90 Å². The lowest BCUT2D eigenvalue weighted by atomic mass is 10.1. The second-order valence-electron chi connectivity index (χ2n) is 5.56. The molecule has 0 aliphatic heterocycles. The average molecular weight is 321 g/mol. The third kappa shape index (κ3) is 6.61. The summed E-state index contributed by atoms with van der Waals surface area (Å²) >= 11 is 0. The Kier molecular flexibility index (Phi) is 9.37. The first-order valence-corrected chi connectivity index (χ1v) is 8.81. The van der Waals surface area contributed by atoms with Crippen LogP contribution in [-0.4, -0.2) is 43.5 Å². The number of hydrogen-bond donors (Lipinski definition) is 0. The zero-order valence-electron chi connectivity index (χ0n) is 15.1. The van der Waals surface area contributed by atoms with E-state index in [0.29, 0.717) is 30.9 Å². The van der Waals surface area contributed by atoms with Crippen LogP contribution in [0.1, 0.15) is 57.3 Å². The van der Waals surface area contributed by atoms with Gasteiger partial charge in [-0.05, 0) is 44.1 Å². The summed E-state index contributed by atoms with van der Waals surface area (Å²) in [5.74, 6) is 1.55. The predicted molar refractivity (Wildman–Crippen MR) is 94.7 cm³/mol. The van der Waals surface area contributed by atoms with E-state index in [0.717, 1.165) is 38.2 Å². The SMILES string of the molecule is CCCOc1ccc(C(=O)CCN(CC)CC)cc1OCCC. The van der Waals surface area contributed by atoms with Crippen LogP contribution >= 0.6 is 0 Å². The number of nitrogens with zero attached hydrogens (tertiary/aromatic N) is 1. The maximum atomic E-state index is 12.4. The van der Waals surface area contributed by atoms with E-state index in [1.54, 1.807) is 0 Å². The first-order valence-electron chi connectivity index (χ1n) is 8.81. The number of rotatable bonds is 12. The van der Waals surface area contributed by atoms with Gasteiger partial charge in [0.05, 0.1) is 13.2 Å². The summed E-state index contributed by atoms with van der Waals surface area (Å²) in [4.78, 5) is 14.7. The van der Waals surface area contributed by atoms with Crippen molar-refractivity contribution in [3.05, 3.63) is 23.8 Å². The van der Waals surface area contributed by atoms with E-state index in [4.69, 9.17) is 9.47 Å². The summed E-state index contributed by atoms with van der Waals surface area (Å²) in [6, 6.07) is 5.52. The van der Waals surface area contributed by atoms with Crippen LogP contribution in [0.3, 0.4) is 0 Å². The third-order valence-corrected chi connectivity index (χ3v) is 3.74. The topological polar surface area (TPSA) is 38.8 Å². The quantitative estimate of drug-likeness (QED) is 0.541. The van der Waals surface area contributed by atoms with Crippen LogP contribution in [0.15, 0.2) is 18.2 Å². The molecule has 0 heterocycles. The van der Waals surface area contributed by atoms with Gasteiger partial charge in [-0.25, -0.2) is 0 Å². The molecule has 0 aromatic heterocycles. The highest BCUT2D eigenvalue weighted by Crippen LogP contribution is 2.29. The fourth-order valence-corrected chi connectivity index (χ4v) is 2.28. The van der Waals surface area contributed by atoms with Crippen molar-refractivity contribution in [3.63, 3.8) is 0 Å². The Morgan fingerprint density at radius 2 is 1.57 bits per heavy atom. The van der Waals surface area contributed by atoms with Gasteiger partial charge in [0.1, 0.15) is 0 Å². The Balaban J connectivity index is 2.79. The Morgan fingerprint density at radius 1 is 0.957 bits per heavy atom. The highest BCUT2D eigenvalue weighted by molar-refractivity contribution is 5.96. The first kappa shape index (κ1) is 19.5. The Labute approximate surface area is 140 Å². The number of ether oxygens (including phenoxy) is 2. The van der Waals surface area contributed by atoms with Gasteiger partial charge in [0.15, 0.2) is 17.3 Å². The zero-order chi connectivity index (χ0) is 17.1. The molecule has 130 valence electrons. The van der Waals surface area contributed by atoms with Gasteiger partial charge in [-0.2, -0.15) is 0 Å². The number of hydrogen-bond acceptors (Lipinski definition) is 4. The predicted octanol–water partition coefficient (Wildman–Crippen LogP) is 4.18. The Bertz CT molecular complexity index is 470. The number of carbonyl (C=O) groups is 1. The van der Waals surface area contributed by atoms with E-state index in [2.05, 4.69) is 32.6 Å². The molecular weight excluding hydrogens is 290 g/mol. The molecule has 0 bridgehead atoms. The van der Waals surface area contributed by atoms with Crippen LogP contribution in [0.2, 0.25) is 0 Å².